The molecule has 1 unspecified atom stereocenters. The van der Waals surface area contributed by atoms with Gasteiger partial charge >= 0.3 is 5.97 Å². The van der Waals surface area contributed by atoms with Gasteiger partial charge in [0.1, 0.15) is 0 Å². The third kappa shape index (κ3) is 3.54. The summed E-state index contributed by atoms with van der Waals surface area (Å²) in [5, 5.41) is 8.96. The zero-order chi connectivity index (χ0) is 13.7. The van der Waals surface area contributed by atoms with Gasteiger partial charge in [-0.05, 0) is 6.42 Å². The quantitative estimate of drug-likeness (QED) is 0.834. The molecule has 2 rings (SSSR count). The summed E-state index contributed by atoms with van der Waals surface area (Å²) in [7, 11) is 0. The van der Waals surface area contributed by atoms with Crippen LogP contribution < -0.4 is 9.64 Å². The molecule has 1 aromatic rings. The highest BCUT2D eigenvalue weighted by Gasteiger charge is 2.27. The van der Waals surface area contributed by atoms with E-state index in [1.807, 2.05) is 6.92 Å². The van der Waals surface area contributed by atoms with Crippen molar-refractivity contribution in [3.63, 3.8) is 0 Å². The number of hydrogen-bond acceptors (Lipinski definition) is 6. The molecule has 1 atom stereocenters. The fraction of sp³-hybridized carbons (Fsp3) is 0.583. The molecule has 1 fully saturated rings. The maximum Gasteiger partial charge on any atom is 0.334 e. The van der Waals surface area contributed by atoms with Crippen LogP contribution in [0.25, 0.3) is 0 Å². The Morgan fingerprint density at radius 2 is 2.53 bits per heavy atom. The molecule has 2 heterocycles. The van der Waals surface area contributed by atoms with Gasteiger partial charge in [-0.3, -0.25) is 0 Å². The van der Waals surface area contributed by atoms with Gasteiger partial charge in [0.15, 0.2) is 6.10 Å². The van der Waals surface area contributed by atoms with Crippen LogP contribution in [-0.2, 0) is 9.53 Å². The molecule has 0 aliphatic carbocycles. The number of ether oxygens (including phenoxy) is 2. The van der Waals surface area contributed by atoms with Gasteiger partial charge in [-0.25, -0.2) is 9.78 Å². The first-order chi connectivity index (χ1) is 9.20. The number of nitrogens with zero attached hydrogens (tertiary/aromatic N) is 3. The average molecular weight is 267 g/mol. The first-order valence-corrected chi connectivity index (χ1v) is 6.26. The molecule has 0 bridgehead atoms. The number of anilines is 1. The predicted octanol–water partition coefficient (Wildman–Crippen LogP) is 0.555. The second-order valence-corrected chi connectivity index (χ2v) is 4.19. The van der Waals surface area contributed by atoms with Gasteiger partial charge in [-0.1, -0.05) is 6.92 Å². The summed E-state index contributed by atoms with van der Waals surface area (Å²) in [6.45, 7) is 3.77. The van der Waals surface area contributed by atoms with Crippen LogP contribution in [0, 0.1) is 0 Å². The summed E-state index contributed by atoms with van der Waals surface area (Å²) >= 11 is 0. The number of morpholine rings is 1. The van der Waals surface area contributed by atoms with Gasteiger partial charge in [-0.2, -0.15) is 4.98 Å². The minimum Gasteiger partial charge on any atom is -0.479 e. The molecule has 7 heteroatoms. The topological polar surface area (TPSA) is 84.8 Å². The molecule has 0 aromatic carbocycles. The Balaban J connectivity index is 2.06. The highest BCUT2D eigenvalue weighted by molar-refractivity contribution is 5.73. The monoisotopic (exact) mass is 267 g/mol. The number of rotatable bonds is 5. The fourth-order valence-electron chi connectivity index (χ4n) is 1.75. The van der Waals surface area contributed by atoms with Gasteiger partial charge in [-0.15, -0.1) is 0 Å². The number of aromatic nitrogens is 2. The molecule has 1 aliphatic rings. The lowest BCUT2D eigenvalue weighted by atomic mass is 10.3. The maximum absolute atomic E-state index is 10.9. The van der Waals surface area contributed by atoms with E-state index in [4.69, 9.17) is 14.6 Å². The lowest BCUT2D eigenvalue weighted by Gasteiger charge is -2.30. The van der Waals surface area contributed by atoms with Crippen LogP contribution in [0.15, 0.2) is 12.3 Å². The molecule has 104 valence electrons. The van der Waals surface area contributed by atoms with Crippen molar-refractivity contribution >= 4 is 11.9 Å². The Hall–Kier alpha value is -1.89. The molecule has 1 N–H and O–H groups in total. The van der Waals surface area contributed by atoms with Gasteiger partial charge in [0, 0.05) is 18.8 Å². The van der Waals surface area contributed by atoms with Crippen LogP contribution in [0.3, 0.4) is 0 Å². The van der Waals surface area contributed by atoms with Gasteiger partial charge in [0.25, 0.3) is 0 Å². The van der Waals surface area contributed by atoms with Crippen LogP contribution in [-0.4, -0.2) is 53.5 Å². The van der Waals surface area contributed by atoms with Crippen molar-refractivity contribution in [3.05, 3.63) is 12.3 Å². The first-order valence-electron chi connectivity index (χ1n) is 6.26. The molecule has 1 saturated heterocycles. The van der Waals surface area contributed by atoms with Gasteiger partial charge in [0.2, 0.25) is 11.8 Å². The van der Waals surface area contributed by atoms with E-state index in [1.54, 1.807) is 17.2 Å². The van der Waals surface area contributed by atoms with Crippen LogP contribution in [0.4, 0.5) is 5.95 Å². The first kappa shape index (κ1) is 13.5. The predicted molar refractivity (Wildman–Crippen MR) is 67.4 cm³/mol. The standard InChI is InChI=1S/C12H17N3O4/c1-2-6-19-10-3-4-13-12(14-10)15-5-7-18-9(8-15)11(16)17/h3-4,9H,2,5-8H2,1H3,(H,16,17). The smallest absolute Gasteiger partial charge is 0.334 e. The number of aliphatic carboxylic acids is 1. The highest BCUT2D eigenvalue weighted by Crippen LogP contribution is 2.16. The maximum atomic E-state index is 10.9. The third-order valence-electron chi connectivity index (χ3n) is 2.70. The van der Waals surface area contributed by atoms with Crippen molar-refractivity contribution in [2.24, 2.45) is 0 Å². The summed E-state index contributed by atoms with van der Waals surface area (Å²) in [6, 6.07) is 1.69. The number of hydrogen-bond donors (Lipinski definition) is 1. The molecule has 1 aliphatic heterocycles. The fourth-order valence-corrected chi connectivity index (χ4v) is 1.75. The van der Waals surface area contributed by atoms with Crippen LogP contribution in [0.5, 0.6) is 5.88 Å². The second kappa shape index (κ2) is 6.33. The molecule has 0 radical (unpaired) electrons. The molecular weight excluding hydrogens is 250 g/mol. The van der Waals surface area contributed by atoms with Crippen molar-refractivity contribution < 1.29 is 19.4 Å². The summed E-state index contributed by atoms with van der Waals surface area (Å²) in [5.41, 5.74) is 0. The molecule has 1 aromatic heterocycles. The van der Waals surface area contributed by atoms with E-state index in [-0.39, 0.29) is 6.54 Å². The SMILES string of the molecule is CCCOc1ccnc(N2CCOC(C(=O)O)C2)n1. The lowest BCUT2D eigenvalue weighted by molar-refractivity contribution is -0.150. The minimum atomic E-state index is -0.969. The molecule has 0 spiro atoms. The lowest BCUT2D eigenvalue weighted by Crippen LogP contribution is -2.46. The van der Waals surface area contributed by atoms with E-state index in [9.17, 15) is 4.79 Å². The largest absolute Gasteiger partial charge is 0.479 e. The van der Waals surface area contributed by atoms with Crippen molar-refractivity contribution in [2.45, 2.75) is 19.4 Å². The highest BCUT2D eigenvalue weighted by atomic mass is 16.5. The Morgan fingerprint density at radius 1 is 1.68 bits per heavy atom. The number of carboxylic acids is 1. The minimum absolute atomic E-state index is 0.243. The van der Waals surface area contributed by atoms with Gasteiger partial charge < -0.3 is 19.5 Å². The summed E-state index contributed by atoms with van der Waals surface area (Å²) in [5.74, 6) is 0.0106. The Labute approximate surface area is 111 Å². The van der Waals surface area contributed by atoms with E-state index in [0.717, 1.165) is 6.42 Å². The van der Waals surface area contributed by atoms with Gasteiger partial charge in [0.05, 0.1) is 19.8 Å². The number of carboxylic acid groups (broad SMARTS) is 1. The second-order valence-electron chi connectivity index (χ2n) is 4.19. The zero-order valence-corrected chi connectivity index (χ0v) is 10.8. The summed E-state index contributed by atoms with van der Waals surface area (Å²) in [4.78, 5) is 21.1. The molecule has 0 saturated carbocycles. The van der Waals surface area contributed by atoms with Crippen molar-refractivity contribution in [1.29, 1.82) is 0 Å². The van der Waals surface area contributed by atoms with E-state index in [1.165, 1.54) is 0 Å². The van der Waals surface area contributed by atoms with Crippen LogP contribution in [0.2, 0.25) is 0 Å². The molecule has 0 amide bonds. The number of carbonyl (C=O) groups is 1. The van der Waals surface area contributed by atoms with Crippen molar-refractivity contribution in [1.82, 2.24) is 9.97 Å². The Bertz CT molecular complexity index is 441. The van der Waals surface area contributed by atoms with Crippen molar-refractivity contribution in [2.75, 3.05) is 31.2 Å². The zero-order valence-electron chi connectivity index (χ0n) is 10.8. The van der Waals surface area contributed by atoms with E-state index in [2.05, 4.69) is 9.97 Å². The Kier molecular flexibility index (Phi) is 4.51. The molecule has 7 nitrogen and oxygen atoms in total. The van der Waals surface area contributed by atoms with E-state index in [0.29, 0.717) is 31.6 Å². The van der Waals surface area contributed by atoms with Crippen molar-refractivity contribution in [3.8, 4) is 5.88 Å². The van der Waals surface area contributed by atoms with E-state index < -0.39 is 12.1 Å². The van der Waals surface area contributed by atoms with Crippen LogP contribution >= 0.6 is 0 Å². The average Bonchev–Trinajstić information content (AvgIpc) is 2.45. The molecule has 19 heavy (non-hydrogen) atoms. The molecular formula is C12H17N3O4. The van der Waals surface area contributed by atoms with Crippen LogP contribution in [0.1, 0.15) is 13.3 Å². The third-order valence-corrected chi connectivity index (χ3v) is 2.70. The normalized spacial score (nSPS) is 19.2. The van der Waals surface area contributed by atoms with E-state index >= 15 is 0 Å². The Morgan fingerprint density at radius 3 is 3.26 bits per heavy atom. The summed E-state index contributed by atoms with van der Waals surface area (Å²) in [6.07, 6.45) is 1.67. The summed E-state index contributed by atoms with van der Waals surface area (Å²) < 4.78 is 10.6.